The monoisotopic (exact) mass is 296 g/mol. The molecule has 0 aromatic heterocycles. The predicted molar refractivity (Wildman–Crippen MR) is 58.0 cm³/mol. The number of thiol groups is 1. The summed E-state index contributed by atoms with van der Waals surface area (Å²) in [6, 6.07) is 7.87. The molecular formula is C8H9IO2S. The van der Waals surface area contributed by atoms with Crippen LogP contribution in [0.1, 0.15) is 5.56 Å². The van der Waals surface area contributed by atoms with E-state index in [0.29, 0.717) is 6.42 Å². The van der Waals surface area contributed by atoms with Gasteiger partial charge in [-0.25, -0.2) is 8.42 Å². The second-order valence-corrected chi connectivity index (χ2v) is 4.79. The maximum Gasteiger partial charge on any atom is 0.140 e. The average Bonchev–Trinajstić information content (AvgIpc) is 2.01. The molecule has 0 unspecified atom stereocenters. The second kappa shape index (κ2) is 4.81. The highest BCUT2D eigenvalue weighted by Crippen LogP contribution is 2.07. The number of benzene rings is 1. The number of aryl methyl sites for hydroxylation is 1. The van der Waals surface area contributed by atoms with Crippen LogP contribution in [0.3, 0.4) is 0 Å². The molecule has 4 heteroatoms. The Labute approximate surface area is 87.1 Å². The molecule has 1 rings (SSSR count). The summed E-state index contributed by atoms with van der Waals surface area (Å²) in [6.45, 7) is 0. The number of rotatable bonds is 3. The fourth-order valence-corrected chi connectivity index (χ4v) is 1.96. The SMILES string of the molecule is O=[SH](=O)CCc1cccc(I)c1. The van der Waals surface area contributed by atoms with Crippen LogP contribution in [-0.4, -0.2) is 14.2 Å². The molecule has 0 heterocycles. The van der Waals surface area contributed by atoms with Gasteiger partial charge in [0.2, 0.25) is 0 Å². The van der Waals surface area contributed by atoms with Gasteiger partial charge in [-0.1, -0.05) is 12.1 Å². The van der Waals surface area contributed by atoms with Gasteiger partial charge in [0, 0.05) is 3.57 Å². The van der Waals surface area contributed by atoms with Crippen molar-refractivity contribution in [2.45, 2.75) is 6.42 Å². The molecule has 0 aliphatic carbocycles. The normalized spacial score (nSPS) is 10.5. The standard InChI is InChI=1S/C8H9IO2S/c9-8-3-1-2-7(6-8)4-5-12(10)11/h1-3,6,12H,4-5H2. The first kappa shape index (κ1) is 9.98. The molecule has 2 nitrogen and oxygen atoms in total. The number of hydrogen-bond donors (Lipinski definition) is 1. The third-order valence-corrected chi connectivity index (χ3v) is 2.73. The smallest absolute Gasteiger partial charge is 0.140 e. The van der Waals surface area contributed by atoms with Gasteiger partial charge in [-0.05, 0) is 46.7 Å². The first-order valence-electron chi connectivity index (χ1n) is 3.55. The van der Waals surface area contributed by atoms with E-state index in [1.807, 2.05) is 24.3 Å². The molecule has 0 aliphatic heterocycles. The van der Waals surface area contributed by atoms with Crippen molar-refractivity contribution in [1.82, 2.24) is 0 Å². The van der Waals surface area contributed by atoms with Gasteiger partial charge < -0.3 is 0 Å². The molecule has 1 aromatic carbocycles. The van der Waals surface area contributed by atoms with Crippen molar-refractivity contribution in [2.24, 2.45) is 0 Å². The molecule has 1 aromatic rings. The lowest BCUT2D eigenvalue weighted by atomic mass is 10.2. The molecule has 12 heavy (non-hydrogen) atoms. The topological polar surface area (TPSA) is 34.1 Å². The van der Waals surface area contributed by atoms with Crippen LogP contribution in [0.2, 0.25) is 0 Å². The summed E-state index contributed by atoms with van der Waals surface area (Å²) in [7, 11) is -2.24. The van der Waals surface area contributed by atoms with Crippen molar-refractivity contribution in [3.63, 3.8) is 0 Å². The first-order chi connectivity index (χ1) is 5.68. The highest BCUT2D eigenvalue weighted by atomic mass is 127. The van der Waals surface area contributed by atoms with Crippen LogP contribution >= 0.6 is 22.6 Å². The fourth-order valence-electron chi connectivity index (χ4n) is 0.913. The highest BCUT2D eigenvalue weighted by molar-refractivity contribution is 14.1. The van der Waals surface area contributed by atoms with E-state index < -0.39 is 10.7 Å². The lowest BCUT2D eigenvalue weighted by Gasteiger charge is -1.96. The van der Waals surface area contributed by atoms with Gasteiger partial charge in [0.25, 0.3) is 0 Å². The van der Waals surface area contributed by atoms with Gasteiger partial charge in [0.15, 0.2) is 0 Å². The molecule has 0 saturated heterocycles. The Bertz CT molecular complexity index is 326. The third kappa shape index (κ3) is 3.53. The van der Waals surface area contributed by atoms with Crippen LogP contribution in [-0.2, 0) is 17.1 Å². The van der Waals surface area contributed by atoms with Gasteiger partial charge >= 0.3 is 0 Å². The third-order valence-electron chi connectivity index (χ3n) is 1.47. The van der Waals surface area contributed by atoms with Crippen molar-refractivity contribution in [2.75, 3.05) is 5.75 Å². The summed E-state index contributed by atoms with van der Waals surface area (Å²) in [5.41, 5.74) is 1.08. The predicted octanol–water partition coefficient (Wildman–Crippen LogP) is 1.45. The average molecular weight is 296 g/mol. The molecule has 0 aliphatic rings. The van der Waals surface area contributed by atoms with Crippen molar-refractivity contribution >= 4 is 33.3 Å². The molecule has 0 saturated carbocycles. The van der Waals surface area contributed by atoms with E-state index >= 15 is 0 Å². The van der Waals surface area contributed by atoms with E-state index in [9.17, 15) is 8.42 Å². The number of halogens is 1. The molecule has 66 valence electrons. The van der Waals surface area contributed by atoms with Crippen molar-refractivity contribution < 1.29 is 8.42 Å². The van der Waals surface area contributed by atoms with Gasteiger partial charge in [-0.15, -0.1) is 0 Å². The van der Waals surface area contributed by atoms with E-state index in [4.69, 9.17) is 0 Å². The zero-order valence-corrected chi connectivity index (χ0v) is 9.42. The maximum absolute atomic E-state index is 10.3. The van der Waals surface area contributed by atoms with Crippen LogP contribution in [0.15, 0.2) is 24.3 Å². The van der Waals surface area contributed by atoms with Crippen LogP contribution < -0.4 is 0 Å². The maximum atomic E-state index is 10.3. The highest BCUT2D eigenvalue weighted by Gasteiger charge is 1.94. The molecule has 0 bridgehead atoms. The van der Waals surface area contributed by atoms with E-state index in [2.05, 4.69) is 22.6 Å². The Hall–Kier alpha value is -0.100. The second-order valence-electron chi connectivity index (χ2n) is 2.44. The van der Waals surface area contributed by atoms with E-state index in [1.54, 1.807) is 0 Å². The van der Waals surface area contributed by atoms with Gasteiger partial charge in [0.1, 0.15) is 10.7 Å². The zero-order valence-electron chi connectivity index (χ0n) is 6.37. The first-order valence-corrected chi connectivity index (χ1v) is 5.99. The molecule has 0 atom stereocenters. The minimum atomic E-state index is -2.24. The van der Waals surface area contributed by atoms with Crippen molar-refractivity contribution in [3.05, 3.63) is 33.4 Å². The van der Waals surface area contributed by atoms with Gasteiger partial charge in [0.05, 0.1) is 5.75 Å². The zero-order chi connectivity index (χ0) is 8.97. The molecule has 0 radical (unpaired) electrons. The summed E-state index contributed by atoms with van der Waals surface area (Å²) in [5.74, 6) is 0.245. The lowest BCUT2D eigenvalue weighted by molar-refractivity contribution is 0.614. The Balaban J connectivity index is 2.63. The summed E-state index contributed by atoms with van der Waals surface area (Å²) in [6.07, 6.45) is 0.621. The quantitative estimate of drug-likeness (QED) is 0.676. The molecular weight excluding hydrogens is 287 g/mol. The summed E-state index contributed by atoms with van der Waals surface area (Å²) >= 11 is 2.21. The van der Waals surface area contributed by atoms with Crippen molar-refractivity contribution in [3.8, 4) is 0 Å². The number of hydrogen-bond acceptors (Lipinski definition) is 2. The van der Waals surface area contributed by atoms with Crippen LogP contribution in [0, 0.1) is 3.57 Å². The minimum absolute atomic E-state index is 0.245. The Morgan fingerprint density at radius 3 is 2.67 bits per heavy atom. The summed E-state index contributed by atoms with van der Waals surface area (Å²) in [5, 5.41) is 0. The van der Waals surface area contributed by atoms with E-state index in [1.165, 1.54) is 0 Å². The summed E-state index contributed by atoms with van der Waals surface area (Å²) < 4.78 is 21.7. The molecule has 0 amide bonds. The molecule has 0 spiro atoms. The van der Waals surface area contributed by atoms with E-state index in [-0.39, 0.29) is 5.75 Å². The minimum Gasteiger partial charge on any atom is -0.232 e. The molecule has 0 fully saturated rings. The van der Waals surface area contributed by atoms with Crippen LogP contribution in [0.4, 0.5) is 0 Å². The fraction of sp³-hybridized carbons (Fsp3) is 0.250. The lowest BCUT2D eigenvalue weighted by Crippen LogP contribution is -1.93. The Morgan fingerprint density at radius 2 is 2.08 bits per heavy atom. The van der Waals surface area contributed by atoms with Crippen molar-refractivity contribution in [1.29, 1.82) is 0 Å². The molecule has 0 N–H and O–H groups in total. The van der Waals surface area contributed by atoms with Crippen LogP contribution in [0.25, 0.3) is 0 Å². The Kier molecular flexibility index (Phi) is 4.00. The summed E-state index contributed by atoms with van der Waals surface area (Å²) in [4.78, 5) is 0. The largest absolute Gasteiger partial charge is 0.232 e. The Morgan fingerprint density at radius 1 is 1.33 bits per heavy atom. The van der Waals surface area contributed by atoms with Gasteiger partial charge in [-0.3, -0.25) is 0 Å². The van der Waals surface area contributed by atoms with Gasteiger partial charge in [-0.2, -0.15) is 0 Å². The van der Waals surface area contributed by atoms with E-state index in [0.717, 1.165) is 9.13 Å². The van der Waals surface area contributed by atoms with Crippen LogP contribution in [0.5, 0.6) is 0 Å².